The molecule has 0 bridgehead atoms. The molecule has 0 atom stereocenters. The van der Waals surface area contributed by atoms with Crippen LogP contribution in [0.5, 0.6) is 11.5 Å². The van der Waals surface area contributed by atoms with Crippen LogP contribution in [0.1, 0.15) is 26.7 Å². The predicted molar refractivity (Wildman–Crippen MR) is 157 cm³/mol. The molecule has 0 spiro atoms. The Hall–Kier alpha value is -1.87. The number of likely N-dealkylation sites (tertiary alicyclic amines) is 1. The largest absolute Gasteiger partial charge is 2.00 e. The topological polar surface area (TPSA) is 92.8 Å². The van der Waals surface area contributed by atoms with Crippen LogP contribution in [0, 0.1) is 58.7 Å². The van der Waals surface area contributed by atoms with Crippen LogP contribution < -0.4 is 20.1 Å². The molecule has 1 fully saturated rings. The maximum atomic E-state index is 11.5. The summed E-state index contributed by atoms with van der Waals surface area (Å²) in [4.78, 5) is 29.6. The summed E-state index contributed by atoms with van der Waals surface area (Å²) in [5.41, 5.74) is 1.48. The van der Waals surface area contributed by atoms with E-state index in [0.29, 0.717) is 24.1 Å². The van der Waals surface area contributed by atoms with E-state index in [1.165, 1.54) is 12.8 Å². The van der Waals surface area contributed by atoms with Crippen LogP contribution in [-0.2, 0) is 9.59 Å². The summed E-state index contributed by atoms with van der Waals surface area (Å²) in [7, 11) is 3.84. The Morgan fingerprint density at radius 1 is 1.13 bits per heavy atom. The van der Waals surface area contributed by atoms with Gasteiger partial charge >= 0.3 is 42.9 Å². The van der Waals surface area contributed by atoms with Gasteiger partial charge in [-0.2, -0.15) is 12.1 Å². The van der Waals surface area contributed by atoms with Gasteiger partial charge in [0.1, 0.15) is 11.5 Å². The predicted octanol–water partition coefficient (Wildman–Crippen LogP) is 4.57. The van der Waals surface area contributed by atoms with Gasteiger partial charge in [-0.25, -0.2) is 0 Å². The second-order valence-electron chi connectivity index (χ2n) is 9.65. The first-order valence-corrected chi connectivity index (χ1v) is 13.7. The van der Waals surface area contributed by atoms with E-state index in [-0.39, 0.29) is 31.1 Å². The number of aromatic nitrogens is 1. The number of benzene rings is 2. The van der Waals surface area contributed by atoms with Crippen LogP contribution in [0.4, 0.5) is 5.69 Å². The Morgan fingerprint density at radius 3 is 2.54 bits per heavy atom. The van der Waals surface area contributed by atoms with Gasteiger partial charge in [-0.05, 0) is 56.4 Å². The Balaban J connectivity index is 0.000000273. The average molecular weight is 869 g/mol. The molecule has 1 aliphatic rings. The first kappa shape index (κ1) is 33.3. The minimum Gasteiger partial charge on any atom is -0.503 e. The first-order valence-electron chi connectivity index (χ1n) is 12.7. The van der Waals surface area contributed by atoms with Crippen molar-refractivity contribution in [2.75, 3.05) is 45.7 Å². The van der Waals surface area contributed by atoms with E-state index in [9.17, 15) is 9.59 Å². The maximum absolute atomic E-state index is 11.5. The molecule has 39 heavy (non-hydrogen) atoms. The Bertz CT molecular complexity index is 1220. The number of piperidine rings is 1. The summed E-state index contributed by atoms with van der Waals surface area (Å²) in [6, 6.07) is 16.9. The molecule has 1 aromatic heterocycles. The molecule has 8 nitrogen and oxygen atoms in total. The number of anilines is 1. The summed E-state index contributed by atoms with van der Waals surface area (Å²) in [5, 5.41) is 6.03. The molecule has 10 heteroatoms. The van der Waals surface area contributed by atoms with E-state index >= 15 is 0 Å². The molecule has 0 saturated carbocycles. The molecule has 1 aliphatic heterocycles. The molecule has 3 aromatic rings. The van der Waals surface area contributed by atoms with Gasteiger partial charge in [-0.3, -0.25) is 9.59 Å². The van der Waals surface area contributed by atoms with Gasteiger partial charge in [0.25, 0.3) is 0 Å². The number of carbonyl (C=O) groups is 2. The summed E-state index contributed by atoms with van der Waals surface area (Å²) >= 11 is 2.09. The number of hydrogen-bond donors (Lipinski definition) is 2. The van der Waals surface area contributed by atoms with Crippen LogP contribution in [0.15, 0.2) is 42.6 Å². The van der Waals surface area contributed by atoms with Gasteiger partial charge < -0.3 is 30.0 Å². The molecular formula is C29H35IN4O4U. The molecule has 4 rings (SSSR count). The Kier molecular flexibility index (Phi) is 14.6. The fourth-order valence-electron chi connectivity index (χ4n) is 3.80. The van der Waals surface area contributed by atoms with E-state index in [0.717, 1.165) is 45.7 Å². The Labute approximate surface area is 268 Å². The van der Waals surface area contributed by atoms with Crippen LogP contribution in [0.3, 0.4) is 0 Å². The number of nitrogens with zero attached hydrogens (tertiary/aromatic N) is 2. The van der Waals surface area contributed by atoms with Crippen molar-refractivity contribution in [2.45, 2.75) is 26.7 Å². The number of methoxy groups -OCH3 is 1. The van der Waals surface area contributed by atoms with Crippen molar-refractivity contribution in [3.8, 4) is 11.5 Å². The van der Waals surface area contributed by atoms with Crippen LogP contribution in [-0.4, -0.2) is 62.1 Å². The van der Waals surface area contributed by atoms with Gasteiger partial charge in [-0.15, -0.1) is 29.7 Å². The monoisotopic (exact) mass is 868 g/mol. The van der Waals surface area contributed by atoms with Crippen LogP contribution in [0.25, 0.3) is 10.9 Å². The molecule has 0 aliphatic carbocycles. The van der Waals surface area contributed by atoms with Crippen molar-refractivity contribution in [3.63, 3.8) is 0 Å². The summed E-state index contributed by atoms with van der Waals surface area (Å²) in [5.74, 6) is 1.21. The molecule has 206 valence electrons. The summed E-state index contributed by atoms with van der Waals surface area (Å²) < 4.78 is 12.3. The van der Waals surface area contributed by atoms with Crippen molar-refractivity contribution < 1.29 is 50.2 Å². The van der Waals surface area contributed by atoms with Crippen molar-refractivity contribution in [1.82, 2.24) is 15.2 Å². The van der Waals surface area contributed by atoms with Gasteiger partial charge in [0, 0.05) is 6.54 Å². The van der Waals surface area contributed by atoms with E-state index in [1.54, 1.807) is 37.6 Å². The summed E-state index contributed by atoms with van der Waals surface area (Å²) in [6.07, 6.45) is 4.13. The normalized spacial score (nSPS) is 13.6. The zero-order chi connectivity index (χ0) is 27.5. The third-order valence-electron chi connectivity index (χ3n) is 6.02. The van der Waals surface area contributed by atoms with Crippen LogP contribution >= 0.6 is 22.6 Å². The smallest absolute Gasteiger partial charge is 0.503 e. The molecule has 1 saturated heterocycles. The van der Waals surface area contributed by atoms with Crippen molar-refractivity contribution in [2.24, 2.45) is 11.8 Å². The molecular weight excluding hydrogens is 833 g/mol. The van der Waals surface area contributed by atoms with E-state index in [1.807, 2.05) is 26.0 Å². The number of nitrogens with one attached hydrogen (secondary N) is 2. The number of halogens is 1. The molecule has 0 radical (unpaired) electrons. The quantitative estimate of drug-likeness (QED) is 0.206. The minimum atomic E-state index is -0.646. The fourth-order valence-corrected chi connectivity index (χ4v) is 4.32. The number of rotatable bonds is 7. The van der Waals surface area contributed by atoms with Crippen molar-refractivity contribution in [1.29, 1.82) is 0 Å². The third kappa shape index (κ3) is 11.3. The molecule has 2 amide bonds. The second kappa shape index (κ2) is 17.1. The zero-order valence-electron chi connectivity index (χ0n) is 22.8. The summed E-state index contributed by atoms with van der Waals surface area (Å²) in [6.45, 7) is 7.47. The van der Waals surface area contributed by atoms with Crippen molar-refractivity contribution >= 4 is 51.0 Å². The Morgan fingerprint density at radius 2 is 1.87 bits per heavy atom. The number of fused-ring (bicyclic) bond motifs is 1. The molecule has 2 heterocycles. The third-order valence-corrected chi connectivity index (χ3v) is 6.65. The van der Waals surface area contributed by atoms with E-state index in [4.69, 9.17) is 9.47 Å². The van der Waals surface area contributed by atoms with Gasteiger partial charge in [0.05, 0.1) is 13.7 Å². The minimum absolute atomic E-state index is 0. The molecule has 0 unspecified atom stereocenters. The number of carbonyl (C=O) groups excluding carboxylic acids is 2. The molecule has 2 N–H and O–H groups in total. The van der Waals surface area contributed by atoms with Crippen molar-refractivity contribution in [3.05, 3.63) is 58.3 Å². The molecule has 2 aromatic carbocycles. The number of amides is 2. The first-order chi connectivity index (χ1) is 18.2. The fraction of sp³-hybridized carbons (Fsp3) is 0.414. The van der Waals surface area contributed by atoms with Gasteiger partial charge in [0.15, 0.2) is 0 Å². The second-order valence-corrected chi connectivity index (χ2v) is 10.8. The standard InChI is InChI=1S/C17H21N2O2.C12H14IN2O2.U/c1-19-8-5-13(6-9-19)12-21-17-11-15-14(4-3-7-18-15)10-16(17)20-2;1-8(2)7-14-11(16)12(17)15-10-5-3-4-9(13)6-10;/h3,7,10-11,13H,5-6,8-9,12H2,1-2H3;3,5-6,8H,7H2,1-2H3,(H,14,16)(H,15,17);/q2*-1;+2. The van der Waals surface area contributed by atoms with Gasteiger partial charge in [0.2, 0.25) is 0 Å². The van der Waals surface area contributed by atoms with Gasteiger partial charge in [-0.1, -0.05) is 58.0 Å². The maximum Gasteiger partial charge on any atom is 2.00 e. The van der Waals surface area contributed by atoms with E-state index in [2.05, 4.69) is 62.3 Å². The number of pyridine rings is 1. The zero-order valence-corrected chi connectivity index (χ0v) is 29.2. The van der Waals surface area contributed by atoms with Crippen LogP contribution in [0.2, 0.25) is 0 Å². The average Bonchev–Trinajstić information content (AvgIpc) is 2.91. The number of ether oxygens (including phenoxy) is 2. The number of hydrogen-bond acceptors (Lipinski definition) is 6. The van der Waals surface area contributed by atoms with E-state index < -0.39 is 11.8 Å². The SMILES string of the molecule is CC(C)CNC(=O)C(=O)Nc1cc[c-]c(I)c1.COc1cc2[c-]ccnc2cc1OCC1CCN(C)CC1.[U+2].